The van der Waals surface area contributed by atoms with Crippen LogP contribution in [0.1, 0.15) is 24.0 Å². The van der Waals surface area contributed by atoms with Crippen molar-refractivity contribution >= 4 is 5.91 Å². The zero-order chi connectivity index (χ0) is 18.8. The Bertz CT molecular complexity index is 787. The van der Waals surface area contributed by atoms with Gasteiger partial charge in [0.15, 0.2) is 11.5 Å². The summed E-state index contributed by atoms with van der Waals surface area (Å²) in [6, 6.07) is 13.3. The van der Waals surface area contributed by atoms with Crippen LogP contribution < -0.4 is 14.8 Å². The van der Waals surface area contributed by atoms with E-state index in [-0.39, 0.29) is 11.7 Å². The molecule has 5 nitrogen and oxygen atoms in total. The van der Waals surface area contributed by atoms with E-state index < -0.39 is 0 Å². The van der Waals surface area contributed by atoms with Crippen molar-refractivity contribution in [3.63, 3.8) is 0 Å². The van der Waals surface area contributed by atoms with Crippen LogP contribution in [0.5, 0.6) is 11.5 Å². The number of carbonyl (C=O) groups is 1. The molecular weight excluding hydrogens is 335 g/mol. The van der Waals surface area contributed by atoms with E-state index in [0.29, 0.717) is 49.5 Å². The molecule has 0 aliphatic heterocycles. The van der Waals surface area contributed by atoms with Crippen LogP contribution in [0.15, 0.2) is 42.5 Å². The van der Waals surface area contributed by atoms with E-state index in [2.05, 4.69) is 5.32 Å². The fourth-order valence-electron chi connectivity index (χ4n) is 2.40. The third-order valence-electron chi connectivity index (χ3n) is 3.72. The van der Waals surface area contributed by atoms with Gasteiger partial charge in [-0.05, 0) is 42.7 Å². The summed E-state index contributed by atoms with van der Waals surface area (Å²) >= 11 is 0. The molecule has 0 heterocycles. The van der Waals surface area contributed by atoms with Crippen LogP contribution in [0.25, 0.3) is 0 Å². The first kappa shape index (κ1) is 19.3. The molecule has 0 fully saturated rings. The summed E-state index contributed by atoms with van der Waals surface area (Å²) in [5.74, 6) is 0.683. The second-order valence-corrected chi connectivity index (χ2v) is 5.66. The van der Waals surface area contributed by atoms with Gasteiger partial charge in [0.1, 0.15) is 5.82 Å². The number of rotatable bonds is 9. The molecular formula is C20H21FN2O3. The number of halogens is 1. The van der Waals surface area contributed by atoms with Gasteiger partial charge in [-0.25, -0.2) is 4.39 Å². The summed E-state index contributed by atoms with van der Waals surface area (Å²) in [6.45, 7) is 0.826. The largest absolute Gasteiger partial charge is 0.493 e. The molecule has 0 aliphatic rings. The molecule has 0 radical (unpaired) electrons. The number of nitriles is 1. The van der Waals surface area contributed by atoms with E-state index in [0.717, 1.165) is 5.56 Å². The molecule has 6 heteroatoms. The van der Waals surface area contributed by atoms with Crippen molar-refractivity contribution in [2.75, 3.05) is 20.3 Å². The minimum atomic E-state index is -0.274. The lowest BCUT2D eigenvalue weighted by atomic mass is 10.1. The number of amides is 1. The summed E-state index contributed by atoms with van der Waals surface area (Å²) in [4.78, 5) is 11.8. The van der Waals surface area contributed by atoms with Crippen molar-refractivity contribution in [2.45, 2.75) is 19.3 Å². The number of ether oxygens (including phenoxy) is 2. The average Bonchev–Trinajstić information content (AvgIpc) is 2.65. The molecule has 136 valence electrons. The topological polar surface area (TPSA) is 71.3 Å². The van der Waals surface area contributed by atoms with E-state index in [1.807, 2.05) is 12.1 Å². The Hall–Kier alpha value is -3.07. The quantitative estimate of drug-likeness (QED) is 0.700. The molecule has 1 N–H and O–H groups in total. The lowest BCUT2D eigenvalue weighted by Gasteiger charge is -2.11. The molecule has 2 aromatic carbocycles. The van der Waals surface area contributed by atoms with Crippen molar-refractivity contribution in [3.05, 3.63) is 59.4 Å². The number of methoxy groups -OCH3 is 1. The molecule has 0 atom stereocenters. The average molecular weight is 356 g/mol. The van der Waals surface area contributed by atoms with Gasteiger partial charge in [-0.2, -0.15) is 5.26 Å². The molecule has 26 heavy (non-hydrogen) atoms. The van der Waals surface area contributed by atoms with Crippen LogP contribution in [-0.2, 0) is 11.2 Å². The molecule has 0 unspecified atom stereocenters. The lowest BCUT2D eigenvalue weighted by molar-refractivity contribution is -0.121. The van der Waals surface area contributed by atoms with Crippen LogP contribution in [0.3, 0.4) is 0 Å². The Balaban J connectivity index is 1.66. The normalized spacial score (nSPS) is 10.0. The Morgan fingerprint density at radius 1 is 1.23 bits per heavy atom. The summed E-state index contributed by atoms with van der Waals surface area (Å²) in [7, 11) is 1.51. The minimum absolute atomic E-state index is 0.0724. The third-order valence-corrected chi connectivity index (χ3v) is 3.72. The van der Waals surface area contributed by atoms with Crippen LogP contribution in [-0.4, -0.2) is 26.2 Å². The van der Waals surface area contributed by atoms with Crippen molar-refractivity contribution in [1.29, 1.82) is 5.26 Å². The highest BCUT2D eigenvalue weighted by molar-refractivity contribution is 5.75. The number of hydrogen-bond donors (Lipinski definition) is 1. The summed E-state index contributed by atoms with van der Waals surface area (Å²) < 4.78 is 23.9. The third kappa shape index (κ3) is 6.10. The summed E-state index contributed by atoms with van der Waals surface area (Å²) in [6.07, 6.45) is 1.47. The molecule has 0 aromatic heterocycles. The second-order valence-electron chi connectivity index (χ2n) is 5.66. The number of carbonyl (C=O) groups excluding carboxylic acids is 1. The molecule has 2 rings (SSSR count). The monoisotopic (exact) mass is 356 g/mol. The lowest BCUT2D eigenvalue weighted by Crippen LogP contribution is -2.25. The van der Waals surface area contributed by atoms with Gasteiger partial charge in [0.05, 0.1) is 25.3 Å². The van der Waals surface area contributed by atoms with Gasteiger partial charge < -0.3 is 14.8 Å². The Morgan fingerprint density at radius 2 is 2.08 bits per heavy atom. The van der Waals surface area contributed by atoms with E-state index in [1.165, 1.54) is 19.2 Å². The highest BCUT2D eigenvalue weighted by atomic mass is 19.1. The Morgan fingerprint density at radius 3 is 2.81 bits per heavy atom. The number of nitrogens with one attached hydrogen (secondary N) is 1. The molecule has 0 saturated heterocycles. The predicted molar refractivity (Wildman–Crippen MR) is 95.6 cm³/mol. The fourth-order valence-corrected chi connectivity index (χ4v) is 2.40. The van der Waals surface area contributed by atoms with E-state index in [9.17, 15) is 9.18 Å². The second kappa shape index (κ2) is 10.0. The fraction of sp³-hybridized carbons (Fsp3) is 0.300. The van der Waals surface area contributed by atoms with Gasteiger partial charge in [0.2, 0.25) is 5.91 Å². The highest BCUT2D eigenvalue weighted by Crippen LogP contribution is 2.27. The first-order chi connectivity index (χ1) is 12.6. The molecule has 0 spiro atoms. The first-order valence-corrected chi connectivity index (χ1v) is 8.34. The SMILES string of the molecule is COc1cc(C#N)ccc1OCCCC(=O)NCCc1cccc(F)c1. The molecule has 2 aromatic rings. The van der Waals surface area contributed by atoms with Crippen molar-refractivity contribution in [1.82, 2.24) is 5.32 Å². The van der Waals surface area contributed by atoms with E-state index in [1.54, 1.807) is 24.3 Å². The van der Waals surface area contributed by atoms with Crippen LogP contribution >= 0.6 is 0 Å². The van der Waals surface area contributed by atoms with Gasteiger partial charge in [-0.1, -0.05) is 12.1 Å². The van der Waals surface area contributed by atoms with Crippen molar-refractivity contribution in [2.24, 2.45) is 0 Å². The number of benzene rings is 2. The number of nitrogens with zero attached hydrogens (tertiary/aromatic N) is 1. The van der Waals surface area contributed by atoms with Crippen molar-refractivity contribution < 1.29 is 18.7 Å². The maximum atomic E-state index is 13.1. The van der Waals surface area contributed by atoms with Gasteiger partial charge in [-0.3, -0.25) is 4.79 Å². The van der Waals surface area contributed by atoms with Gasteiger partial charge in [0, 0.05) is 19.0 Å². The van der Waals surface area contributed by atoms with Crippen molar-refractivity contribution in [3.8, 4) is 17.6 Å². The molecule has 0 aliphatic carbocycles. The Kier molecular flexibility index (Phi) is 7.44. The molecule has 0 bridgehead atoms. The highest BCUT2D eigenvalue weighted by Gasteiger charge is 2.07. The first-order valence-electron chi connectivity index (χ1n) is 8.34. The maximum Gasteiger partial charge on any atom is 0.220 e. The minimum Gasteiger partial charge on any atom is -0.493 e. The summed E-state index contributed by atoms with van der Waals surface area (Å²) in [5, 5.41) is 11.7. The molecule has 0 saturated carbocycles. The smallest absolute Gasteiger partial charge is 0.220 e. The number of hydrogen-bond acceptors (Lipinski definition) is 4. The van der Waals surface area contributed by atoms with E-state index >= 15 is 0 Å². The predicted octanol–water partition coefficient (Wildman–Crippen LogP) is 3.22. The zero-order valence-electron chi connectivity index (χ0n) is 14.6. The zero-order valence-corrected chi connectivity index (χ0v) is 14.6. The van der Waals surface area contributed by atoms with Crippen LogP contribution in [0, 0.1) is 17.1 Å². The van der Waals surface area contributed by atoms with E-state index in [4.69, 9.17) is 14.7 Å². The maximum absolute atomic E-state index is 13.1. The van der Waals surface area contributed by atoms with Crippen LogP contribution in [0.2, 0.25) is 0 Å². The summed E-state index contributed by atoms with van der Waals surface area (Å²) in [5.41, 5.74) is 1.34. The molecule has 1 amide bonds. The van der Waals surface area contributed by atoms with Gasteiger partial charge in [-0.15, -0.1) is 0 Å². The standard InChI is InChI=1S/C20H21FN2O3/c1-25-19-13-16(14-22)7-8-18(19)26-11-3-6-20(24)23-10-9-15-4-2-5-17(21)12-15/h2,4-5,7-8,12-13H,3,6,9-11H2,1H3,(H,23,24). The van der Waals surface area contributed by atoms with Crippen LogP contribution in [0.4, 0.5) is 4.39 Å². The van der Waals surface area contributed by atoms with Gasteiger partial charge in [0.25, 0.3) is 0 Å². The Labute approximate surface area is 152 Å². The van der Waals surface area contributed by atoms with Gasteiger partial charge >= 0.3 is 0 Å².